The maximum Gasteiger partial charge on any atom is 0.225 e. The van der Waals surface area contributed by atoms with Crippen molar-refractivity contribution in [3.63, 3.8) is 0 Å². The number of nitrogens with one attached hydrogen (secondary N) is 1. The van der Waals surface area contributed by atoms with Crippen molar-refractivity contribution in [2.24, 2.45) is 0 Å². The highest BCUT2D eigenvalue weighted by molar-refractivity contribution is 7.98. The SMILES string of the molecule is CCCNc1cc(Oc2ccccc2F)nc(SC)n1. The molecule has 0 bridgehead atoms. The molecule has 20 heavy (non-hydrogen) atoms. The summed E-state index contributed by atoms with van der Waals surface area (Å²) in [5, 5.41) is 3.75. The minimum Gasteiger partial charge on any atom is -0.436 e. The van der Waals surface area contributed by atoms with Crippen LogP contribution in [-0.4, -0.2) is 22.8 Å². The van der Waals surface area contributed by atoms with Crippen molar-refractivity contribution in [2.45, 2.75) is 18.5 Å². The maximum atomic E-state index is 13.6. The Labute approximate surface area is 121 Å². The van der Waals surface area contributed by atoms with E-state index in [1.54, 1.807) is 24.3 Å². The van der Waals surface area contributed by atoms with Crippen molar-refractivity contribution in [1.82, 2.24) is 9.97 Å². The number of benzene rings is 1. The first-order chi connectivity index (χ1) is 9.72. The zero-order valence-corrected chi connectivity index (χ0v) is 12.2. The minimum absolute atomic E-state index is 0.152. The van der Waals surface area contributed by atoms with Gasteiger partial charge in [0.1, 0.15) is 5.82 Å². The number of thioether (sulfide) groups is 1. The molecule has 6 heteroatoms. The second-order valence-corrected chi connectivity index (χ2v) is 4.81. The Morgan fingerprint density at radius 3 is 2.80 bits per heavy atom. The van der Waals surface area contributed by atoms with E-state index in [0.29, 0.717) is 16.9 Å². The second-order valence-electron chi connectivity index (χ2n) is 4.04. The summed E-state index contributed by atoms with van der Waals surface area (Å²) in [7, 11) is 0. The van der Waals surface area contributed by atoms with Crippen LogP contribution in [0.15, 0.2) is 35.5 Å². The molecule has 1 aromatic carbocycles. The fourth-order valence-electron chi connectivity index (χ4n) is 1.53. The molecule has 1 aromatic heterocycles. The number of nitrogens with zero attached hydrogens (tertiary/aromatic N) is 2. The standard InChI is InChI=1S/C14H16FN3OS/c1-3-8-16-12-9-13(18-14(17-12)20-2)19-11-7-5-4-6-10(11)15/h4-7,9H,3,8H2,1-2H3,(H,16,17,18). The van der Waals surface area contributed by atoms with Gasteiger partial charge in [-0.25, -0.2) is 9.37 Å². The van der Waals surface area contributed by atoms with E-state index in [1.807, 2.05) is 6.26 Å². The van der Waals surface area contributed by atoms with Crippen LogP contribution in [0, 0.1) is 5.82 Å². The number of rotatable bonds is 6. The van der Waals surface area contributed by atoms with E-state index in [9.17, 15) is 4.39 Å². The van der Waals surface area contributed by atoms with Gasteiger partial charge < -0.3 is 10.1 Å². The van der Waals surface area contributed by atoms with Crippen LogP contribution in [0.25, 0.3) is 0 Å². The van der Waals surface area contributed by atoms with E-state index in [2.05, 4.69) is 22.2 Å². The van der Waals surface area contributed by atoms with Crippen molar-refractivity contribution < 1.29 is 9.13 Å². The molecule has 2 aromatic rings. The lowest BCUT2D eigenvalue weighted by Gasteiger charge is -2.09. The Balaban J connectivity index is 2.24. The van der Waals surface area contributed by atoms with Crippen LogP contribution in [0.2, 0.25) is 0 Å². The molecule has 1 heterocycles. The molecule has 0 saturated heterocycles. The monoisotopic (exact) mass is 293 g/mol. The Hall–Kier alpha value is -1.82. The normalized spacial score (nSPS) is 10.3. The van der Waals surface area contributed by atoms with Crippen molar-refractivity contribution >= 4 is 17.6 Å². The average Bonchev–Trinajstić information content (AvgIpc) is 2.47. The maximum absolute atomic E-state index is 13.6. The fraction of sp³-hybridized carbons (Fsp3) is 0.286. The van der Waals surface area contributed by atoms with Gasteiger partial charge in [0.15, 0.2) is 16.7 Å². The molecule has 0 amide bonds. The Bertz CT molecular complexity index is 580. The average molecular weight is 293 g/mol. The third kappa shape index (κ3) is 3.84. The van der Waals surface area contributed by atoms with Crippen LogP contribution in [0.1, 0.15) is 13.3 Å². The van der Waals surface area contributed by atoms with Gasteiger partial charge in [0.25, 0.3) is 0 Å². The van der Waals surface area contributed by atoms with Crippen LogP contribution < -0.4 is 10.1 Å². The van der Waals surface area contributed by atoms with E-state index >= 15 is 0 Å². The van der Waals surface area contributed by atoms with Gasteiger partial charge in [-0.1, -0.05) is 30.8 Å². The number of ether oxygens (including phenoxy) is 1. The molecule has 1 N–H and O–H groups in total. The first-order valence-corrected chi connectivity index (χ1v) is 7.54. The van der Waals surface area contributed by atoms with Crippen LogP contribution in [0.5, 0.6) is 11.6 Å². The van der Waals surface area contributed by atoms with E-state index in [1.165, 1.54) is 17.8 Å². The number of halogens is 1. The summed E-state index contributed by atoms with van der Waals surface area (Å²) in [6.45, 7) is 2.88. The number of aromatic nitrogens is 2. The van der Waals surface area contributed by atoms with Gasteiger partial charge in [0.2, 0.25) is 5.88 Å². The van der Waals surface area contributed by atoms with Gasteiger partial charge in [0.05, 0.1) is 0 Å². The van der Waals surface area contributed by atoms with E-state index in [4.69, 9.17) is 4.74 Å². The lowest BCUT2D eigenvalue weighted by Crippen LogP contribution is -2.04. The predicted octanol–water partition coefficient (Wildman–Crippen LogP) is 3.95. The summed E-state index contributed by atoms with van der Waals surface area (Å²) in [4.78, 5) is 8.54. The highest BCUT2D eigenvalue weighted by Crippen LogP contribution is 2.25. The molecule has 0 aliphatic carbocycles. The third-order valence-corrected chi connectivity index (χ3v) is 3.02. The quantitative estimate of drug-likeness (QED) is 0.645. The molecule has 2 rings (SSSR count). The summed E-state index contributed by atoms with van der Waals surface area (Å²) in [5.41, 5.74) is 0. The lowest BCUT2D eigenvalue weighted by molar-refractivity contribution is 0.422. The molecule has 106 valence electrons. The predicted molar refractivity (Wildman–Crippen MR) is 79.1 cm³/mol. The minimum atomic E-state index is -0.417. The lowest BCUT2D eigenvalue weighted by atomic mass is 10.3. The van der Waals surface area contributed by atoms with E-state index in [0.717, 1.165) is 13.0 Å². The molecule has 0 unspecified atom stereocenters. The third-order valence-electron chi connectivity index (χ3n) is 2.47. The van der Waals surface area contributed by atoms with Gasteiger partial charge in [-0.05, 0) is 24.8 Å². The van der Waals surface area contributed by atoms with Crippen LogP contribution >= 0.6 is 11.8 Å². The highest BCUT2D eigenvalue weighted by atomic mass is 32.2. The Morgan fingerprint density at radius 1 is 1.30 bits per heavy atom. The molecule has 4 nitrogen and oxygen atoms in total. The molecule has 0 spiro atoms. The summed E-state index contributed by atoms with van der Waals surface area (Å²) >= 11 is 1.41. The smallest absolute Gasteiger partial charge is 0.225 e. The van der Waals surface area contributed by atoms with E-state index in [-0.39, 0.29) is 5.75 Å². The number of hydrogen-bond donors (Lipinski definition) is 1. The van der Waals surface area contributed by atoms with Gasteiger partial charge >= 0.3 is 0 Å². The largest absolute Gasteiger partial charge is 0.436 e. The summed E-state index contributed by atoms with van der Waals surface area (Å²) in [5.74, 6) is 0.741. The van der Waals surface area contributed by atoms with Crippen molar-refractivity contribution in [3.05, 3.63) is 36.1 Å². The molecule has 0 atom stereocenters. The van der Waals surface area contributed by atoms with Gasteiger partial charge in [0, 0.05) is 12.6 Å². The first-order valence-electron chi connectivity index (χ1n) is 6.32. The summed E-state index contributed by atoms with van der Waals surface area (Å²) in [6, 6.07) is 7.91. The molecule has 0 saturated carbocycles. The topological polar surface area (TPSA) is 47.0 Å². The molecule has 0 fully saturated rings. The first kappa shape index (κ1) is 14.6. The van der Waals surface area contributed by atoms with Crippen LogP contribution in [0.4, 0.5) is 10.2 Å². The molecule has 0 aliphatic rings. The Kier molecular flexibility index (Phi) is 5.17. The van der Waals surface area contributed by atoms with Gasteiger partial charge in [-0.3, -0.25) is 0 Å². The number of hydrogen-bond acceptors (Lipinski definition) is 5. The zero-order chi connectivity index (χ0) is 14.4. The van der Waals surface area contributed by atoms with Gasteiger partial charge in [-0.15, -0.1) is 0 Å². The van der Waals surface area contributed by atoms with Crippen molar-refractivity contribution in [1.29, 1.82) is 0 Å². The van der Waals surface area contributed by atoms with Crippen LogP contribution in [0.3, 0.4) is 0 Å². The van der Waals surface area contributed by atoms with E-state index < -0.39 is 5.82 Å². The molecular weight excluding hydrogens is 277 g/mol. The molecule has 0 radical (unpaired) electrons. The summed E-state index contributed by atoms with van der Waals surface area (Å²) in [6.07, 6.45) is 2.87. The fourth-order valence-corrected chi connectivity index (χ4v) is 1.90. The van der Waals surface area contributed by atoms with Crippen LogP contribution in [-0.2, 0) is 0 Å². The number of anilines is 1. The highest BCUT2D eigenvalue weighted by Gasteiger charge is 2.08. The number of para-hydroxylation sites is 1. The summed E-state index contributed by atoms with van der Waals surface area (Å²) < 4.78 is 19.1. The van der Waals surface area contributed by atoms with Gasteiger partial charge in [-0.2, -0.15) is 4.98 Å². The molecular formula is C14H16FN3OS. The molecule has 0 aliphatic heterocycles. The second kappa shape index (κ2) is 7.09. The zero-order valence-electron chi connectivity index (χ0n) is 11.4. The van der Waals surface area contributed by atoms with Crippen molar-refractivity contribution in [3.8, 4) is 11.6 Å². The Morgan fingerprint density at radius 2 is 2.10 bits per heavy atom. The van der Waals surface area contributed by atoms with Crippen molar-refractivity contribution in [2.75, 3.05) is 18.1 Å².